The number of methoxy groups -OCH3 is 2. The van der Waals surface area contributed by atoms with E-state index in [4.69, 9.17) is 14.2 Å². The van der Waals surface area contributed by atoms with Crippen LogP contribution < -0.4 is 36.6 Å². The molecule has 0 radical (unpaired) electrons. The molecule has 0 bridgehead atoms. The third-order valence-electron chi connectivity index (χ3n) is 12.5. The molecule has 318 valence electrons. The van der Waals surface area contributed by atoms with Crippen LogP contribution in [0.15, 0.2) is 117 Å². The van der Waals surface area contributed by atoms with Crippen LogP contribution >= 0.6 is 0 Å². The number of anilines is 1. The molecule has 2 amide bonds. The predicted molar refractivity (Wildman–Crippen MR) is 229 cm³/mol. The Labute approximate surface area is 354 Å². The molecule has 16 heteroatoms. The van der Waals surface area contributed by atoms with E-state index in [-0.39, 0.29) is 50.4 Å². The Bertz CT molecular complexity index is 2950. The maximum absolute atomic E-state index is 15.4. The maximum Gasteiger partial charge on any atom is 0.347 e. The van der Waals surface area contributed by atoms with Crippen LogP contribution in [0.3, 0.4) is 0 Å². The molecule has 4 heterocycles. The lowest BCUT2D eigenvalue weighted by atomic mass is 9.53. The largest absolute Gasteiger partial charge is 0.493 e. The summed E-state index contributed by atoms with van der Waals surface area (Å²) in [6, 6.07) is 26.4. The van der Waals surface area contributed by atoms with Gasteiger partial charge in [-0.3, -0.25) is 19.8 Å². The number of rotatable bonds is 12. The number of aryl methyl sites for hydroxylation is 3. The number of hydrazine groups is 1. The Morgan fingerprint density at radius 2 is 1.60 bits per heavy atom. The highest BCUT2D eigenvalue weighted by atomic mass is 16.5. The van der Waals surface area contributed by atoms with Crippen LogP contribution in [-0.2, 0) is 41.6 Å². The molecule has 62 heavy (non-hydrogen) atoms. The van der Waals surface area contributed by atoms with E-state index < -0.39 is 46.5 Å². The lowest BCUT2D eigenvalue weighted by Gasteiger charge is -2.49. The highest BCUT2D eigenvalue weighted by Crippen LogP contribution is 2.61. The van der Waals surface area contributed by atoms with Crippen molar-refractivity contribution in [1.82, 2.24) is 28.5 Å². The second-order valence-electron chi connectivity index (χ2n) is 15.8. The minimum Gasteiger partial charge on any atom is -0.493 e. The number of nitrogens with one attached hydrogen (secondary N) is 1. The van der Waals surface area contributed by atoms with Gasteiger partial charge >= 0.3 is 11.4 Å². The Morgan fingerprint density at radius 3 is 2.29 bits per heavy atom. The van der Waals surface area contributed by atoms with Crippen LogP contribution in [0.25, 0.3) is 11.0 Å². The average molecular weight is 840 g/mol. The molecule has 1 aliphatic carbocycles. The Hall–Kier alpha value is -7.20. The highest BCUT2D eigenvalue weighted by Gasteiger charge is 2.68. The number of carbonyl (C=O) groups excluding carboxylic acids is 2. The van der Waals surface area contributed by atoms with Crippen molar-refractivity contribution >= 4 is 28.5 Å². The third-order valence-corrected chi connectivity index (χ3v) is 12.5. The first-order chi connectivity index (χ1) is 30.0. The molecular formula is C46H45N7O9. The molecule has 4 atom stereocenters. The van der Waals surface area contributed by atoms with Gasteiger partial charge in [0, 0.05) is 38.1 Å². The van der Waals surface area contributed by atoms with Gasteiger partial charge in [-0.05, 0) is 54.3 Å². The monoisotopic (exact) mass is 839 g/mol. The van der Waals surface area contributed by atoms with Gasteiger partial charge in [0.25, 0.3) is 17.4 Å². The van der Waals surface area contributed by atoms with Gasteiger partial charge in [-0.1, -0.05) is 66.2 Å². The summed E-state index contributed by atoms with van der Waals surface area (Å²) in [4.78, 5) is 77.4. The first-order valence-electron chi connectivity index (χ1n) is 20.4. The van der Waals surface area contributed by atoms with E-state index in [0.29, 0.717) is 50.7 Å². The first kappa shape index (κ1) is 40.2. The van der Waals surface area contributed by atoms with Crippen molar-refractivity contribution in [3.8, 4) is 17.2 Å². The SMILES string of the molecule is COc1cc2nc(CCn3c(=O)n4n(c3=O)[C@@H]3C[C@H]5C(=O)N(Nc6ccc(C)cc6)C(=O)[C@@]5(c5ccccc5)[C@@H](c5ccc(OCCO)cc5)C3=CC4)c(=O)n(C)c2cc1OC. The summed E-state index contributed by atoms with van der Waals surface area (Å²) in [5, 5.41) is 10.5. The predicted octanol–water partition coefficient (Wildman–Crippen LogP) is 3.62. The van der Waals surface area contributed by atoms with Crippen molar-refractivity contribution in [2.45, 2.75) is 50.2 Å². The fourth-order valence-electron chi connectivity index (χ4n) is 9.63. The van der Waals surface area contributed by atoms with E-state index in [1.54, 1.807) is 43.4 Å². The number of hydrogen-bond donors (Lipinski definition) is 2. The van der Waals surface area contributed by atoms with Crippen molar-refractivity contribution < 1.29 is 28.9 Å². The Morgan fingerprint density at radius 1 is 0.887 bits per heavy atom. The summed E-state index contributed by atoms with van der Waals surface area (Å²) >= 11 is 0. The van der Waals surface area contributed by atoms with Gasteiger partial charge in [-0.15, -0.1) is 0 Å². The van der Waals surface area contributed by atoms with Gasteiger partial charge in [0.15, 0.2) is 11.5 Å². The molecule has 2 aromatic heterocycles. The number of ether oxygens (including phenoxy) is 3. The number of allylic oxidation sites excluding steroid dienone is 2. The van der Waals surface area contributed by atoms with Crippen molar-refractivity contribution in [1.29, 1.82) is 0 Å². The van der Waals surface area contributed by atoms with Crippen molar-refractivity contribution in [2.75, 3.05) is 32.9 Å². The molecule has 2 N–H and O–H groups in total. The van der Waals surface area contributed by atoms with E-state index in [2.05, 4.69) is 10.4 Å². The van der Waals surface area contributed by atoms with Gasteiger partial charge in [0.1, 0.15) is 18.1 Å². The summed E-state index contributed by atoms with van der Waals surface area (Å²) in [6.45, 7) is 1.73. The number of aliphatic hydroxyl groups excluding tert-OH is 1. The molecule has 0 unspecified atom stereocenters. The molecule has 0 spiro atoms. The number of hydrogen-bond acceptors (Lipinski definition) is 11. The molecule has 9 rings (SSSR count). The number of amides is 2. The quantitative estimate of drug-likeness (QED) is 0.136. The van der Waals surface area contributed by atoms with Gasteiger partial charge in [-0.25, -0.2) is 28.5 Å². The molecule has 1 saturated heterocycles. The highest BCUT2D eigenvalue weighted by molar-refractivity contribution is 6.12. The molecule has 2 aliphatic heterocycles. The smallest absolute Gasteiger partial charge is 0.347 e. The fraction of sp³-hybridized carbons (Fsp3) is 0.304. The van der Waals surface area contributed by atoms with Crippen LogP contribution in [0, 0.1) is 12.8 Å². The summed E-state index contributed by atoms with van der Waals surface area (Å²) in [5.74, 6) is -1.30. The number of aromatic nitrogens is 5. The maximum atomic E-state index is 15.4. The molecule has 1 saturated carbocycles. The van der Waals surface area contributed by atoms with Crippen LogP contribution in [0.1, 0.15) is 40.8 Å². The summed E-state index contributed by atoms with van der Waals surface area (Å²) in [6.07, 6.45) is 1.90. The number of nitrogens with zero attached hydrogens (tertiary/aromatic N) is 6. The van der Waals surface area contributed by atoms with E-state index >= 15 is 4.79 Å². The molecule has 3 aliphatic rings. The normalized spacial score (nSPS) is 20.4. The van der Waals surface area contributed by atoms with Crippen LogP contribution in [0.2, 0.25) is 0 Å². The summed E-state index contributed by atoms with van der Waals surface area (Å²) in [5.41, 5.74) is 4.81. The summed E-state index contributed by atoms with van der Waals surface area (Å²) < 4.78 is 21.9. The second kappa shape index (κ2) is 15.7. The van der Waals surface area contributed by atoms with E-state index in [9.17, 15) is 24.3 Å². The number of fused-ring (bicyclic) bond motifs is 5. The minimum atomic E-state index is -1.46. The number of aliphatic hydroxyl groups is 1. The van der Waals surface area contributed by atoms with E-state index in [1.165, 1.54) is 28.2 Å². The zero-order valence-corrected chi connectivity index (χ0v) is 34.6. The fourth-order valence-corrected chi connectivity index (χ4v) is 9.63. The standard InChI is InChI=1S/C46H45N7O9/c1-27-10-14-30(15-11-27)48-52-41(55)33-24-36-32(40(28-12-16-31(17-13-28)62-23-22-54)46(33,43(52)57)29-8-6-5-7-9-29)18-21-51-44(58)50(45(59)53(36)51)20-19-34-42(56)49(2)37-26-39(61-4)38(60-3)25-35(37)47-34/h5-18,25-26,33,36,40,48,54H,19-24H2,1-4H3/t33-,36+,40-,46+/m0/s1. The van der Waals surface area contributed by atoms with Gasteiger partial charge in [-0.2, -0.15) is 5.01 Å². The lowest BCUT2D eigenvalue weighted by Crippen LogP contribution is -2.53. The zero-order valence-electron chi connectivity index (χ0n) is 34.6. The van der Waals surface area contributed by atoms with Crippen molar-refractivity contribution in [3.05, 3.63) is 156 Å². The first-order valence-corrected chi connectivity index (χ1v) is 20.4. The number of benzene rings is 4. The lowest BCUT2D eigenvalue weighted by molar-refractivity contribution is -0.138. The molecule has 2 fully saturated rings. The average Bonchev–Trinajstić information content (AvgIpc) is 3.66. The zero-order chi connectivity index (χ0) is 43.4. The third kappa shape index (κ3) is 6.23. The van der Waals surface area contributed by atoms with Crippen molar-refractivity contribution in [3.63, 3.8) is 0 Å². The molecule has 16 nitrogen and oxygen atoms in total. The van der Waals surface area contributed by atoms with Crippen LogP contribution in [0.4, 0.5) is 5.69 Å². The molecular weight excluding hydrogens is 795 g/mol. The van der Waals surface area contributed by atoms with E-state index in [0.717, 1.165) is 15.1 Å². The van der Waals surface area contributed by atoms with Crippen LogP contribution in [0.5, 0.6) is 17.2 Å². The van der Waals surface area contributed by atoms with Crippen molar-refractivity contribution in [2.24, 2.45) is 13.0 Å². The second-order valence-corrected chi connectivity index (χ2v) is 15.8. The molecule has 6 aromatic rings. The number of imide groups is 1. The Balaban J connectivity index is 1.15. The van der Waals surface area contributed by atoms with Gasteiger partial charge in [0.2, 0.25) is 0 Å². The van der Waals surface area contributed by atoms with Gasteiger partial charge < -0.3 is 23.9 Å². The minimum absolute atomic E-state index is 0.0156. The van der Waals surface area contributed by atoms with Crippen LogP contribution in [-0.4, -0.2) is 72.8 Å². The van der Waals surface area contributed by atoms with E-state index in [1.807, 2.05) is 67.6 Å². The molecule has 4 aromatic carbocycles. The Kier molecular flexibility index (Phi) is 10.2. The number of carbonyl (C=O) groups is 2. The topological polar surface area (TPSA) is 181 Å². The summed E-state index contributed by atoms with van der Waals surface area (Å²) in [7, 11) is 4.62. The van der Waals surface area contributed by atoms with Gasteiger partial charge in [0.05, 0.1) is 61.5 Å².